The summed E-state index contributed by atoms with van der Waals surface area (Å²) in [6.45, 7) is 9.02. The standard InChI is InChI=1S/C21H31N5O2S.HI/c1-6-18-25-17(14-29-18)13-24-19(22-5)23-12-11-15-7-9-16(10-8-15)26-20(27)28-21(2,3)4;/h7-10,14H,6,11-13H2,1-5H3,(H,26,27)(H2,22,23,24);1H. The van der Waals surface area contributed by atoms with E-state index in [0.717, 1.165) is 41.6 Å². The largest absolute Gasteiger partial charge is 0.444 e. The van der Waals surface area contributed by atoms with E-state index in [1.54, 1.807) is 18.4 Å². The molecule has 30 heavy (non-hydrogen) atoms. The van der Waals surface area contributed by atoms with Gasteiger partial charge in [0.2, 0.25) is 0 Å². The highest BCUT2D eigenvalue weighted by molar-refractivity contribution is 14.0. The first-order valence-electron chi connectivity index (χ1n) is 9.76. The highest BCUT2D eigenvalue weighted by atomic mass is 127. The summed E-state index contributed by atoms with van der Waals surface area (Å²) < 4.78 is 5.25. The zero-order chi connectivity index (χ0) is 21.3. The maximum atomic E-state index is 11.8. The van der Waals surface area contributed by atoms with Crippen LogP contribution in [0.2, 0.25) is 0 Å². The Labute approximate surface area is 200 Å². The molecule has 1 heterocycles. The third-order valence-electron chi connectivity index (χ3n) is 3.87. The van der Waals surface area contributed by atoms with E-state index in [-0.39, 0.29) is 24.0 Å². The lowest BCUT2D eigenvalue weighted by atomic mass is 10.1. The van der Waals surface area contributed by atoms with Gasteiger partial charge in [-0.05, 0) is 51.3 Å². The Hall–Kier alpha value is -1.88. The molecule has 0 aliphatic carbocycles. The number of carbonyl (C=O) groups is 1. The van der Waals surface area contributed by atoms with Crippen LogP contribution in [0.15, 0.2) is 34.6 Å². The van der Waals surface area contributed by atoms with Crippen molar-refractivity contribution < 1.29 is 9.53 Å². The molecule has 0 saturated carbocycles. The molecule has 2 aromatic rings. The summed E-state index contributed by atoms with van der Waals surface area (Å²) >= 11 is 1.69. The summed E-state index contributed by atoms with van der Waals surface area (Å²) in [4.78, 5) is 20.6. The first kappa shape index (κ1) is 26.2. The highest BCUT2D eigenvalue weighted by Crippen LogP contribution is 2.13. The number of anilines is 1. The molecular formula is C21H32IN5O2S. The minimum absolute atomic E-state index is 0. The minimum atomic E-state index is -0.514. The minimum Gasteiger partial charge on any atom is -0.444 e. The van der Waals surface area contributed by atoms with Crippen LogP contribution in [0.25, 0.3) is 0 Å². The fourth-order valence-corrected chi connectivity index (χ4v) is 3.23. The number of rotatable bonds is 7. The molecule has 1 aromatic heterocycles. The number of aryl methyl sites for hydroxylation is 1. The van der Waals surface area contributed by atoms with Crippen LogP contribution in [0, 0.1) is 0 Å². The average Bonchev–Trinajstić information content (AvgIpc) is 3.12. The SMILES string of the molecule is CCc1nc(CNC(=NC)NCCc2ccc(NC(=O)OC(C)(C)C)cc2)cs1.I. The molecule has 1 aromatic carbocycles. The summed E-state index contributed by atoms with van der Waals surface area (Å²) in [6, 6.07) is 7.73. The van der Waals surface area contributed by atoms with E-state index in [1.807, 2.05) is 45.0 Å². The van der Waals surface area contributed by atoms with Crippen molar-refractivity contribution in [3.8, 4) is 0 Å². The lowest BCUT2D eigenvalue weighted by Crippen LogP contribution is -2.37. The van der Waals surface area contributed by atoms with Gasteiger partial charge in [0.1, 0.15) is 5.60 Å². The number of carbonyl (C=O) groups excluding carboxylic acids is 1. The predicted octanol–water partition coefficient (Wildman–Crippen LogP) is 4.58. The summed E-state index contributed by atoms with van der Waals surface area (Å²) in [5.74, 6) is 0.749. The van der Waals surface area contributed by atoms with Crippen LogP contribution in [0.4, 0.5) is 10.5 Å². The molecule has 1 amide bonds. The Morgan fingerprint density at radius 2 is 1.90 bits per heavy atom. The first-order valence-corrected chi connectivity index (χ1v) is 10.6. The van der Waals surface area contributed by atoms with E-state index in [0.29, 0.717) is 12.2 Å². The number of aromatic nitrogens is 1. The van der Waals surface area contributed by atoms with Gasteiger partial charge in [0.05, 0.1) is 17.2 Å². The number of benzene rings is 1. The van der Waals surface area contributed by atoms with Crippen molar-refractivity contribution in [3.63, 3.8) is 0 Å². The fourth-order valence-electron chi connectivity index (χ4n) is 2.49. The molecule has 9 heteroatoms. The van der Waals surface area contributed by atoms with Crippen molar-refractivity contribution in [2.45, 2.75) is 52.7 Å². The second-order valence-corrected chi connectivity index (χ2v) is 8.46. The quantitative estimate of drug-likeness (QED) is 0.270. The Morgan fingerprint density at radius 1 is 1.20 bits per heavy atom. The zero-order valence-electron chi connectivity index (χ0n) is 18.2. The number of halogens is 1. The van der Waals surface area contributed by atoms with Crippen molar-refractivity contribution in [1.29, 1.82) is 0 Å². The van der Waals surface area contributed by atoms with Crippen LogP contribution in [-0.4, -0.2) is 36.2 Å². The maximum Gasteiger partial charge on any atom is 0.412 e. The molecule has 2 rings (SSSR count). The van der Waals surface area contributed by atoms with Crippen molar-refractivity contribution in [2.75, 3.05) is 18.9 Å². The fraction of sp³-hybridized carbons (Fsp3) is 0.476. The lowest BCUT2D eigenvalue weighted by Gasteiger charge is -2.19. The number of hydrogen-bond acceptors (Lipinski definition) is 5. The summed E-state index contributed by atoms with van der Waals surface area (Å²) in [5.41, 5.74) is 2.39. The van der Waals surface area contributed by atoms with Crippen LogP contribution in [0.5, 0.6) is 0 Å². The van der Waals surface area contributed by atoms with Gasteiger partial charge in [0, 0.05) is 24.7 Å². The molecule has 0 saturated heterocycles. The number of guanidine groups is 1. The number of aliphatic imine (C=N–C) groups is 1. The van der Waals surface area contributed by atoms with Gasteiger partial charge in [-0.3, -0.25) is 10.3 Å². The predicted molar refractivity (Wildman–Crippen MR) is 135 cm³/mol. The van der Waals surface area contributed by atoms with Gasteiger partial charge < -0.3 is 15.4 Å². The van der Waals surface area contributed by atoms with Crippen LogP contribution in [-0.2, 0) is 24.1 Å². The number of hydrogen-bond donors (Lipinski definition) is 3. The van der Waals surface area contributed by atoms with Gasteiger partial charge in [-0.1, -0.05) is 19.1 Å². The van der Waals surface area contributed by atoms with E-state index in [1.165, 1.54) is 0 Å². The number of ether oxygens (including phenoxy) is 1. The number of amides is 1. The summed E-state index contributed by atoms with van der Waals surface area (Å²) in [6.07, 6.45) is 1.35. The second-order valence-electron chi connectivity index (χ2n) is 7.51. The average molecular weight is 545 g/mol. The third-order valence-corrected chi connectivity index (χ3v) is 4.91. The topological polar surface area (TPSA) is 87.6 Å². The molecule has 0 fully saturated rings. The maximum absolute atomic E-state index is 11.8. The molecule has 0 radical (unpaired) electrons. The Bertz CT molecular complexity index is 816. The molecule has 0 atom stereocenters. The Morgan fingerprint density at radius 3 is 2.47 bits per heavy atom. The van der Waals surface area contributed by atoms with Gasteiger partial charge in [-0.2, -0.15) is 0 Å². The Balaban J connectivity index is 0.00000450. The van der Waals surface area contributed by atoms with Gasteiger partial charge in [0.25, 0.3) is 0 Å². The highest BCUT2D eigenvalue weighted by Gasteiger charge is 2.16. The smallest absolute Gasteiger partial charge is 0.412 e. The van der Waals surface area contributed by atoms with Crippen LogP contribution in [0.1, 0.15) is 44.0 Å². The van der Waals surface area contributed by atoms with Crippen LogP contribution in [0.3, 0.4) is 0 Å². The van der Waals surface area contributed by atoms with E-state index < -0.39 is 11.7 Å². The molecule has 0 spiro atoms. The first-order chi connectivity index (χ1) is 13.8. The molecule has 0 aliphatic heterocycles. The van der Waals surface area contributed by atoms with E-state index in [9.17, 15) is 4.79 Å². The molecule has 0 bridgehead atoms. The van der Waals surface area contributed by atoms with Gasteiger partial charge >= 0.3 is 6.09 Å². The number of nitrogens with zero attached hydrogens (tertiary/aromatic N) is 2. The Kier molecular flexibility index (Phi) is 11.1. The van der Waals surface area contributed by atoms with Gasteiger partial charge in [-0.25, -0.2) is 9.78 Å². The lowest BCUT2D eigenvalue weighted by molar-refractivity contribution is 0.0636. The normalized spacial score (nSPS) is 11.4. The van der Waals surface area contributed by atoms with Crippen molar-refractivity contribution in [3.05, 3.63) is 45.9 Å². The second kappa shape index (κ2) is 12.7. The monoisotopic (exact) mass is 545 g/mol. The summed E-state index contributed by atoms with van der Waals surface area (Å²) in [7, 11) is 1.75. The summed E-state index contributed by atoms with van der Waals surface area (Å²) in [5, 5.41) is 12.5. The number of nitrogens with one attached hydrogen (secondary N) is 3. The molecule has 3 N–H and O–H groups in total. The third kappa shape index (κ3) is 9.75. The van der Waals surface area contributed by atoms with Crippen LogP contribution >= 0.6 is 35.3 Å². The van der Waals surface area contributed by atoms with Crippen molar-refractivity contribution >= 4 is 53.1 Å². The molecule has 7 nitrogen and oxygen atoms in total. The molecular weight excluding hydrogens is 513 g/mol. The molecule has 166 valence electrons. The van der Waals surface area contributed by atoms with Gasteiger partial charge in [-0.15, -0.1) is 35.3 Å². The van der Waals surface area contributed by atoms with Crippen molar-refractivity contribution in [1.82, 2.24) is 15.6 Å². The molecule has 0 aliphatic rings. The van der Waals surface area contributed by atoms with Crippen LogP contribution < -0.4 is 16.0 Å². The van der Waals surface area contributed by atoms with Gasteiger partial charge in [0.15, 0.2) is 5.96 Å². The van der Waals surface area contributed by atoms with Crippen molar-refractivity contribution in [2.24, 2.45) is 4.99 Å². The van der Waals surface area contributed by atoms with E-state index in [4.69, 9.17) is 4.74 Å². The number of thiazole rings is 1. The van der Waals surface area contributed by atoms with E-state index >= 15 is 0 Å². The zero-order valence-corrected chi connectivity index (χ0v) is 21.4. The van der Waals surface area contributed by atoms with E-state index in [2.05, 4.69) is 38.2 Å². The molecule has 0 unspecified atom stereocenters.